The molecule has 1 fully saturated rings. The molecule has 3 aliphatic rings. The van der Waals surface area contributed by atoms with E-state index in [0.29, 0.717) is 12.0 Å². The minimum atomic E-state index is -1.49. The number of aliphatic hydroxyl groups is 3. The zero-order valence-corrected chi connectivity index (χ0v) is 36.7. The number of amides is 1. The third-order valence-electron chi connectivity index (χ3n) is 11.8. The van der Waals surface area contributed by atoms with Crippen LogP contribution in [-0.4, -0.2) is 103 Å². The van der Waals surface area contributed by atoms with Gasteiger partial charge in [-0.15, -0.1) is 0 Å². The Morgan fingerprint density at radius 1 is 1.02 bits per heavy atom. The van der Waals surface area contributed by atoms with Crippen LogP contribution in [0, 0.1) is 35.5 Å². The quantitative estimate of drug-likeness (QED) is 0.138. The normalized spacial score (nSPS) is 35.1. The number of hydrogen-bond donors (Lipinski definition) is 4. The standard InChI is InChI=1S/C45H67NO13/c1-24(2)42-29(7)36(57-38(50)19-18-37(49)46-39-32(47)16-17-33(39)48)23-45(56-12,59-42)31(9)41(52)30(8)43-34(54-10)15-13-14-25(3)20-27(5)40(51)28(6)21-26(4)22-35(55-11)44(53)58-43/h13-15,18-19,21-22,24,27-31,34,36,40-43,47,51-52H,16-17,20,23H2,1-12H3,(H,46,49)/b15-13+,19-18+,25-14-,26-21+,35-22-/t27-,28+,29-,30-,31-,34-,36+,40-,41+,42+,43+,45+/m0/s1. The first-order valence-corrected chi connectivity index (χ1v) is 20.5. The summed E-state index contributed by atoms with van der Waals surface area (Å²) in [5.41, 5.74) is 1.53. The van der Waals surface area contributed by atoms with E-state index in [9.17, 15) is 34.5 Å². The Labute approximate surface area is 349 Å². The Bertz CT molecular complexity index is 1690. The van der Waals surface area contributed by atoms with Gasteiger partial charge >= 0.3 is 11.9 Å². The molecule has 330 valence electrons. The number of cyclic esters (lactones) is 1. The van der Waals surface area contributed by atoms with Crippen LogP contribution in [0.2, 0.25) is 0 Å². The van der Waals surface area contributed by atoms with Crippen LogP contribution in [0.25, 0.3) is 0 Å². The molecule has 2 heterocycles. The number of ether oxygens (including phenoxy) is 6. The highest BCUT2D eigenvalue weighted by Gasteiger charge is 2.54. The van der Waals surface area contributed by atoms with E-state index < -0.39 is 77.9 Å². The van der Waals surface area contributed by atoms with Gasteiger partial charge in [-0.1, -0.05) is 83.9 Å². The lowest BCUT2D eigenvalue weighted by molar-refractivity contribution is -0.339. The number of allylic oxidation sites excluding steroid dienone is 7. The summed E-state index contributed by atoms with van der Waals surface area (Å²) >= 11 is 0. The van der Waals surface area contributed by atoms with Crippen molar-refractivity contribution in [3.8, 4) is 0 Å². The fourth-order valence-electron chi connectivity index (χ4n) is 8.25. The molecule has 1 amide bonds. The molecule has 12 atom stereocenters. The largest absolute Gasteiger partial charge is 0.510 e. The smallest absolute Gasteiger partial charge is 0.373 e. The van der Waals surface area contributed by atoms with Crippen LogP contribution in [0.4, 0.5) is 0 Å². The van der Waals surface area contributed by atoms with E-state index in [1.165, 1.54) is 21.3 Å². The second-order valence-electron chi connectivity index (χ2n) is 16.7. The van der Waals surface area contributed by atoms with Crippen molar-refractivity contribution in [3.05, 3.63) is 70.9 Å². The van der Waals surface area contributed by atoms with Gasteiger partial charge < -0.3 is 49.1 Å². The van der Waals surface area contributed by atoms with E-state index in [1.54, 1.807) is 32.1 Å². The number of aliphatic hydroxyl groups excluding tert-OH is 3. The molecule has 14 nitrogen and oxygen atoms in total. The number of carbonyl (C=O) groups is 4. The van der Waals surface area contributed by atoms with E-state index >= 15 is 0 Å². The lowest BCUT2D eigenvalue weighted by atomic mass is 9.76. The van der Waals surface area contributed by atoms with Gasteiger partial charge in [0.1, 0.15) is 29.8 Å². The highest BCUT2D eigenvalue weighted by atomic mass is 16.7. The molecule has 4 N–H and O–H groups in total. The molecule has 2 aliphatic heterocycles. The fourth-order valence-corrected chi connectivity index (χ4v) is 8.25. The average molecular weight is 830 g/mol. The van der Waals surface area contributed by atoms with Crippen molar-refractivity contribution in [1.82, 2.24) is 5.32 Å². The maximum absolute atomic E-state index is 13.8. The minimum absolute atomic E-state index is 0.00964. The van der Waals surface area contributed by atoms with Gasteiger partial charge in [0.25, 0.3) is 0 Å². The van der Waals surface area contributed by atoms with Gasteiger partial charge in [0.15, 0.2) is 11.6 Å². The van der Waals surface area contributed by atoms with Gasteiger partial charge in [-0.2, -0.15) is 0 Å². The number of nitrogens with one attached hydrogen (secondary N) is 1. The average Bonchev–Trinajstić information content (AvgIpc) is 3.51. The highest BCUT2D eigenvalue weighted by molar-refractivity contribution is 6.04. The third kappa shape index (κ3) is 12.7. The molecular formula is C45H67NO13. The second-order valence-corrected chi connectivity index (χ2v) is 16.7. The number of rotatable bonds is 12. The Kier molecular flexibility index (Phi) is 18.3. The molecule has 0 aromatic carbocycles. The molecule has 0 aromatic rings. The van der Waals surface area contributed by atoms with Gasteiger partial charge in [0.2, 0.25) is 11.7 Å². The summed E-state index contributed by atoms with van der Waals surface area (Å²) in [6.45, 7) is 17.0. The molecular weight excluding hydrogens is 762 g/mol. The fraction of sp³-hybridized carbons (Fsp3) is 0.644. The molecule has 59 heavy (non-hydrogen) atoms. The minimum Gasteiger partial charge on any atom is -0.510 e. The lowest BCUT2D eigenvalue weighted by Crippen LogP contribution is -2.60. The van der Waals surface area contributed by atoms with Gasteiger partial charge in [-0.25, -0.2) is 9.59 Å². The van der Waals surface area contributed by atoms with Crippen molar-refractivity contribution in [2.45, 2.75) is 130 Å². The maximum Gasteiger partial charge on any atom is 0.373 e. The molecule has 14 heteroatoms. The predicted octanol–water partition coefficient (Wildman–Crippen LogP) is 5.70. The Morgan fingerprint density at radius 2 is 1.69 bits per heavy atom. The van der Waals surface area contributed by atoms with Gasteiger partial charge in [-0.3, -0.25) is 9.59 Å². The number of methoxy groups -OCH3 is 3. The number of hydrogen-bond acceptors (Lipinski definition) is 13. The first-order chi connectivity index (χ1) is 27.7. The van der Waals surface area contributed by atoms with Crippen LogP contribution in [0.1, 0.15) is 88.0 Å². The van der Waals surface area contributed by atoms with E-state index in [-0.39, 0.29) is 60.1 Å². The van der Waals surface area contributed by atoms with E-state index in [2.05, 4.69) is 5.32 Å². The monoisotopic (exact) mass is 829 g/mol. The van der Waals surface area contributed by atoms with Crippen molar-refractivity contribution in [1.29, 1.82) is 0 Å². The Balaban J connectivity index is 1.96. The molecule has 0 spiro atoms. The molecule has 0 bridgehead atoms. The number of Topliss-reactive ketones (excluding diaryl/α,β-unsaturated/α-hetero) is 1. The van der Waals surface area contributed by atoms with Crippen LogP contribution < -0.4 is 5.32 Å². The molecule has 0 saturated carbocycles. The van der Waals surface area contributed by atoms with E-state index in [4.69, 9.17) is 28.4 Å². The second kappa shape index (κ2) is 22.0. The molecule has 1 aliphatic carbocycles. The summed E-state index contributed by atoms with van der Waals surface area (Å²) in [5.74, 6) is -6.84. The lowest BCUT2D eigenvalue weighted by Gasteiger charge is -2.51. The molecule has 0 aromatic heterocycles. The first-order valence-electron chi connectivity index (χ1n) is 20.5. The van der Waals surface area contributed by atoms with Crippen molar-refractivity contribution in [3.63, 3.8) is 0 Å². The summed E-state index contributed by atoms with van der Waals surface area (Å²) in [6.07, 6.45) is 6.62. The number of carbonyl (C=O) groups excluding carboxylic acids is 4. The molecule has 3 rings (SSSR count). The van der Waals surface area contributed by atoms with Crippen LogP contribution in [-0.2, 0) is 47.6 Å². The zero-order chi connectivity index (χ0) is 44.4. The van der Waals surface area contributed by atoms with E-state index in [0.717, 1.165) is 17.7 Å². The SMILES string of the molecule is CO/C1=C\C(C)=C\[C@@H](C)[C@@H](O)[C@@H](C)C/C(C)=C\C=C\[C@H](OC)[C@@H]([C@@H](C)[C@@H](O)[C@H](C)[C@@]2(OC)C[C@@H](OC(=O)/C=C/C(=O)NC3=C(O)CCC3=O)[C@H](C)[C@@H](C(C)C)O2)OC1=O. The number of ketones is 1. The summed E-state index contributed by atoms with van der Waals surface area (Å²) in [5, 5.41) is 35.5. The predicted molar refractivity (Wildman–Crippen MR) is 220 cm³/mol. The number of esters is 2. The van der Waals surface area contributed by atoms with Gasteiger partial charge in [-0.05, 0) is 38.2 Å². The van der Waals surface area contributed by atoms with Crippen molar-refractivity contribution < 1.29 is 62.9 Å². The van der Waals surface area contributed by atoms with Crippen molar-refractivity contribution >= 4 is 23.6 Å². The van der Waals surface area contributed by atoms with Gasteiger partial charge in [0, 0.05) is 69.3 Å². The van der Waals surface area contributed by atoms with Gasteiger partial charge in [0.05, 0.1) is 25.4 Å². The Hall–Kier alpha value is -4.08. The summed E-state index contributed by atoms with van der Waals surface area (Å²) in [6, 6.07) is 0. The highest BCUT2D eigenvalue weighted by Crippen LogP contribution is 2.44. The summed E-state index contributed by atoms with van der Waals surface area (Å²) in [7, 11) is 4.29. The third-order valence-corrected chi connectivity index (χ3v) is 11.8. The van der Waals surface area contributed by atoms with Crippen LogP contribution >= 0.6 is 0 Å². The summed E-state index contributed by atoms with van der Waals surface area (Å²) in [4.78, 5) is 51.4. The van der Waals surface area contributed by atoms with Crippen LogP contribution in [0.3, 0.4) is 0 Å². The molecule has 0 unspecified atom stereocenters. The van der Waals surface area contributed by atoms with E-state index in [1.807, 2.05) is 60.6 Å². The van der Waals surface area contributed by atoms with Crippen LogP contribution in [0.15, 0.2) is 70.9 Å². The molecule has 0 radical (unpaired) electrons. The Morgan fingerprint density at radius 3 is 2.27 bits per heavy atom. The van der Waals surface area contributed by atoms with Crippen LogP contribution in [0.5, 0.6) is 0 Å². The van der Waals surface area contributed by atoms with Crippen molar-refractivity contribution in [2.24, 2.45) is 35.5 Å². The maximum atomic E-state index is 13.8. The zero-order valence-electron chi connectivity index (χ0n) is 36.7. The first kappa shape index (κ1) is 49.3. The van der Waals surface area contributed by atoms with Crippen molar-refractivity contribution in [2.75, 3.05) is 21.3 Å². The topological polar surface area (TPSA) is 196 Å². The molecule has 1 saturated heterocycles. The summed E-state index contributed by atoms with van der Waals surface area (Å²) < 4.78 is 36.3.